The van der Waals surface area contributed by atoms with Crippen molar-refractivity contribution in [3.8, 4) is 11.1 Å². The number of thiazole rings is 1. The Labute approximate surface area is 264 Å². The number of carboxylic acid groups (broad SMARTS) is 1. The Kier molecular flexibility index (Phi) is 6.74. The van der Waals surface area contributed by atoms with Crippen LogP contribution in [-0.2, 0) is 19.5 Å². The minimum Gasteiger partial charge on any atom is -0.476 e. The van der Waals surface area contributed by atoms with E-state index in [1.165, 1.54) is 24.2 Å². The molecule has 2 N–H and O–H groups in total. The highest BCUT2D eigenvalue weighted by atomic mass is 32.1. The Morgan fingerprint density at radius 2 is 1.91 bits per heavy atom. The summed E-state index contributed by atoms with van der Waals surface area (Å²) in [5.74, 6) is 1.16. The first-order chi connectivity index (χ1) is 21.9. The lowest BCUT2D eigenvalue weighted by Gasteiger charge is -2.31. The number of hydrogen-bond acceptors (Lipinski definition) is 7. The number of nitrogens with zero attached hydrogens (tertiary/aromatic N) is 5. The van der Waals surface area contributed by atoms with E-state index in [1.54, 1.807) is 6.20 Å². The SMILES string of the molecule is Cc1c(-c2ccc(N3CCc4cccc(C(=O)Nc5nc6ccccc6s5)c4C3)nc2C(=O)O)cnn1C[C@@H]1C[C@@H]2C=CC1C2. The van der Waals surface area contributed by atoms with E-state index in [2.05, 4.69) is 32.5 Å². The summed E-state index contributed by atoms with van der Waals surface area (Å²) in [5, 5.41) is 18.4. The molecular weight excluding hydrogens is 584 g/mol. The number of carbonyl (C=O) groups is 2. The van der Waals surface area contributed by atoms with Crippen molar-refractivity contribution in [2.75, 3.05) is 16.8 Å². The van der Waals surface area contributed by atoms with Crippen molar-refractivity contribution in [1.29, 1.82) is 0 Å². The molecule has 1 amide bonds. The number of hydrogen-bond donors (Lipinski definition) is 2. The Morgan fingerprint density at radius 1 is 1.02 bits per heavy atom. The van der Waals surface area contributed by atoms with Crippen molar-refractivity contribution in [2.45, 2.75) is 39.3 Å². The molecule has 10 heteroatoms. The standard InChI is InChI=1S/C35H32N6O3S/c1-20-27(17-36-41(20)18-24-16-21-9-10-23(24)15-21)25-11-12-31(38-32(25)34(43)44)40-14-13-22-5-4-6-26(28(22)19-40)33(42)39-35-37-29-7-2-3-8-30(29)45-35/h2-12,17,21,23-24H,13-16,18-19H2,1H3,(H,43,44)(H,37,39,42)/t21-,23?,24+/m1/s1. The maximum absolute atomic E-state index is 13.5. The van der Waals surface area contributed by atoms with Gasteiger partial charge >= 0.3 is 5.97 Å². The average molecular weight is 617 g/mol. The van der Waals surface area contributed by atoms with Gasteiger partial charge in [0.2, 0.25) is 0 Å². The van der Waals surface area contributed by atoms with E-state index in [9.17, 15) is 14.7 Å². The van der Waals surface area contributed by atoms with Gasteiger partial charge in [-0.3, -0.25) is 14.8 Å². The number of amides is 1. The Morgan fingerprint density at radius 3 is 2.71 bits per heavy atom. The zero-order chi connectivity index (χ0) is 30.7. The fraction of sp³-hybridized carbons (Fsp3) is 0.286. The van der Waals surface area contributed by atoms with Crippen molar-refractivity contribution < 1.29 is 14.7 Å². The van der Waals surface area contributed by atoms with Crippen molar-refractivity contribution in [1.82, 2.24) is 19.7 Å². The highest BCUT2D eigenvalue weighted by molar-refractivity contribution is 7.22. The number of pyridine rings is 1. The lowest BCUT2D eigenvalue weighted by molar-refractivity contribution is 0.0691. The van der Waals surface area contributed by atoms with Gasteiger partial charge in [-0.1, -0.05) is 47.8 Å². The molecule has 226 valence electrons. The number of carboxylic acids is 1. The third-order valence-corrected chi connectivity index (χ3v) is 10.6. The predicted octanol–water partition coefficient (Wildman–Crippen LogP) is 6.59. The molecule has 45 heavy (non-hydrogen) atoms. The predicted molar refractivity (Wildman–Crippen MR) is 175 cm³/mol. The van der Waals surface area contributed by atoms with Crippen LogP contribution >= 0.6 is 11.3 Å². The van der Waals surface area contributed by atoms with Crippen molar-refractivity contribution >= 4 is 44.4 Å². The minimum absolute atomic E-state index is 0.00525. The molecular formula is C35H32N6O3S. The molecule has 0 saturated heterocycles. The molecule has 8 rings (SSSR count). The fourth-order valence-electron chi connectivity index (χ4n) is 7.31. The summed E-state index contributed by atoms with van der Waals surface area (Å²) in [7, 11) is 0. The van der Waals surface area contributed by atoms with Crippen LogP contribution in [-0.4, -0.2) is 43.3 Å². The number of allylic oxidation sites excluding steroid dienone is 2. The van der Waals surface area contributed by atoms with Crippen LogP contribution < -0.4 is 10.2 Å². The number of aromatic carboxylic acids is 1. The van der Waals surface area contributed by atoms with Crippen molar-refractivity contribution in [2.24, 2.45) is 17.8 Å². The van der Waals surface area contributed by atoms with Crippen LogP contribution in [0.15, 0.2) is 72.9 Å². The van der Waals surface area contributed by atoms with E-state index in [-0.39, 0.29) is 11.6 Å². The molecule has 3 aliphatic rings. The van der Waals surface area contributed by atoms with Crippen LogP contribution in [0.2, 0.25) is 0 Å². The molecule has 3 atom stereocenters. The first-order valence-electron chi connectivity index (χ1n) is 15.4. The van der Waals surface area contributed by atoms with Gasteiger partial charge in [-0.15, -0.1) is 0 Å². The van der Waals surface area contributed by atoms with E-state index in [1.807, 2.05) is 71.1 Å². The van der Waals surface area contributed by atoms with Crippen LogP contribution in [0.5, 0.6) is 0 Å². The molecule has 2 aliphatic carbocycles. The summed E-state index contributed by atoms with van der Waals surface area (Å²) in [5.41, 5.74) is 5.77. The van der Waals surface area contributed by atoms with Crippen LogP contribution in [0, 0.1) is 24.7 Å². The van der Waals surface area contributed by atoms with E-state index < -0.39 is 5.97 Å². The molecule has 1 fully saturated rings. The summed E-state index contributed by atoms with van der Waals surface area (Å²) in [4.78, 5) is 37.3. The van der Waals surface area contributed by atoms with Crippen LogP contribution in [0.1, 0.15) is 50.5 Å². The molecule has 9 nitrogen and oxygen atoms in total. The summed E-state index contributed by atoms with van der Waals surface area (Å²) in [6.07, 6.45) is 9.61. The second kappa shape index (κ2) is 11.0. The van der Waals surface area contributed by atoms with Crippen LogP contribution in [0.4, 0.5) is 10.9 Å². The van der Waals surface area contributed by atoms with Gasteiger partial charge in [0, 0.05) is 42.0 Å². The summed E-state index contributed by atoms with van der Waals surface area (Å²) in [6.45, 7) is 3.95. The quantitative estimate of drug-likeness (QED) is 0.198. The number of nitrogens with one attached hydrogen (secondary N) is 1. The van der Waals surface area contributed by atoms with E-state index >= 15 is 0 Å². The normalized spacial score (nSPS) is 20.1. The molecule has 1 aliphatic heterocycles. The zero-order valence-corrected chi connectivity index (χ0v) is 25.6. The summed E-state index contributed by atoms with van der Waals surface area (Å²) in [6, 6.07) is 17.3. The highest BCUT2D eigenvalue weighted by Crippen LogP contribution is 2.44. The minimum atomic E-state index is -1.08. The number of anilines is 2. The first kappa shape index (κ1) is 27.7. The maximum Gasteiger partial charge on any atom is 0.355 e. The van der Waals surface area contributed by atoms with Gasteiger partial charge in [-0.25, -0.2) is 14.8 Å². The van der Waals surface area contributed by atoms with Gasteiger partial charge < -0.3 is 10.0 Å². The van der Waals surface area contributed by atoms with Crippen molar-refractivity contribution in [3.63, 3.8) is 0 Å². The van der Waals surface area contributed by atoms with E-state index in [0.29, 0.717) is 59.3 Å². The lowest BCUT2D eigenvalue weighted by Crippen LogP contribution is -2.33. The second-order valence-corrected chi connectivity index (χ2v) is 13.3. The van der Waals surface area contributed by atoms with E-state index in [0.717, 1.165) is 39.1 Å². The number of benzene rings is 2. The Hall–Kier alpha value is -4.83. The Bertz CT molecular complexity index is 1980. The second-order valence-electron chi connectivity index (χ2n) is 12.3. The molecule has 5 aromatic rings. The molecule has 1 unspecified atom stereocenters. The summed E-state index contributed by atoms with van der Waals surface area (Å²) >= 11 is 1.44. The van der Waals surface area contributed by atoms with Crippen LogP contribution in [0.3, 0.4) is 0 Å². The number of carbonyl (C=O) groups excluding carboxylic acids is 1. The fourth-order valence-corrected chi connectivity index (χ4v) is 8.17. The largest absolute Gasteiger partial charge is 0.476 e. The number of aromatic nitrogens is 4. The van der Waals surface area contributed by atoms with Crippen molar-refractivity contribution in [3.05, 3.63) is 101 Å². The molecule has 4 heterocycles. The van der Waals surface area contributed by atoms with Gasteiger partial charge in [0.1, 0.15) is 5.82 Å². The smallest absolute Gasteiger partial charge is 0.355 e. The van der Waals surface area contributed by atoms with Gasteiger partial charge in [0.05, 0.1) is 16.4 Å². The molecule has 1 saturated carbocycles. The zero-order valence-electron chi connectivity index (χ0n) is 24.8. The monoisotopic (exact) mass is 616 g/mol. The lowest BCUT2D eigenvalue weighted by atomic mass is 9.93. The highest BCUT2D eigenvalue weighted by Gasteiger charge is 2.36. The summed E-state index contributed by atoms with van der Waals surface area (Å²) < 4.78 is 3.04. The number of para-hydroxylation sites is 1. The molecule has 0 radical (unpaired) electrons. The molecule has 3 aromatic heterocycles. The first-order valence-corrected chi connectivity index (χ1v) is 16.2. The van der Waals surface area contributed by atoms with E-state index in [4.69, 9.17) is 0 Å². The number of rotatable bonds is 7. The van der Waals surface area contributed by atoms with Crippen LogP contribution in [0.25, 0.3) is 21.3 Å². The average Bonchev–Trinajstić information content (AvgIpc) is 3.85. The van der Waals surface area contributed by atoms with Gasteiger partial charge in [0.15, 0.2) is 10.8 Å². The third kappa shape index (κ3) is 4.99. The third-order valence-electron chi connectivity index (χ3n) is 9.66. The van der Waals surface area contributed by atoms with Gasteiger partial charge in [-0.2, -0.15) is 5.10 Å². The maximum atomic E-state index is 13.5. The number of fused-ring (bicyclic) bond motifs is 4. The topological polar surface area (TPSA) is 113 Å². The Balaban J connectivity index is 1.05. The van der Waals surface area contributed by atoms with Gasteiger partial charge in [0.25, 0.3) is 5.91 Å². The molecule has 0 spiro atoms. The molecule has 2 bridgehead atoms. The van der Waals surface area contributed by atoms with Gasteiger partial charge in [-0.05, 0) is 85.4 Å². The molecule has 2 aromatic carbocycles.